The number of benzene rings is 1. The minimum absolute atomic E-state index is 0.116. The number of para-hydroxylation sites is 1. The maximum absolute atomic E-state index is 10.6. The third kappa shape index (κ3) is 2.75. The van der Waals surface area contributed by atoms with Gasteiger partial charge < -0.3 is 20.9 Å². The molecule has 0 amide bonds. The number of rotatable bonds is 4. The van der Waals surface area contributed by atoms with Crippen molar-refractivity contribution in [3.8, 4) is 5.75 Å². The first-order valence-electron chi connectivity index (χ1n) is 5.62. The van der Waals surface area contributed by atoms with Crippen molar-refractivity contribution in [1.82, 2.24) is 5.32 Å². The fourth-order valence-electron chi connectivity index (χ4n) is 1.91. The van der Waals surface area contributed by atoms with Crippen molar-refractivity contribution in [1.29, 1.82) is 0 Å². The van der Waals surface area contributed by atoms with E-state index >= 15 is 0 Å². The maximum Gasteiger partial charge on any atom is 0.321 e. The molecule has 0 fully saturated rings. The van der Waals surface area contributed by atoms with Crippen molar-refractivity contribution in [2.24, 2.45) is 5.73 Å². The first kappa shape index (κ1) is 11.9. The maximum atomic E-state index is 10.6. The summed E-state index contributed by atoms with van der Waals surface area (Å²) in [6.45, 7) is 0.894. The number of nitrogens with two attached hydrogens (primary N) is 1. The van der Waals surface area contributed by atoms with Gasteiger partial charge in [-0.05, 0) is 6.07 Å². The zero-order chi connectivity index (χ0) is 12.3. The Morgan fingerprint density at radius 2 is 2.35 bits per heavy atom. The molecule has 0 aromatic heterocycles. The van der Waals surface area contributed by atoms with E-state index in [0.717, 1.165) is 17.7 Å². The number of carboxylic acids is 1. The number of carbonyl (C=O) groups is 1. The summed E-state index contributed by atoms with van der Waals surface area (Å²) in [5.41, 5.74) is 6.53. The van der Waals surface area contributed by atoms with Gasteiger partial charge >= 0.3 is 5.97 Å². The molecule has 4 N–H and O–H groups in total. The van der Waals surface area contributed by atoms with E-state index in [2.05, 4.69) is 5.32 Å². The number of ether oxygens (including phenoxy) is 1. The summed E-state index contributed by atoms with van der Waals surface area (Å²) in [4.78, 5) is 10.6. The molecule has 0 bridgehead atoms. The quantitative estimate of drug-likeness (QED) is 0.709. The van der Waals surface area contributed by atoms with Crippen LogP contribution in [0.25, 0.3) is 0 Å². The number of aliphatic carboxylic acids is 1. The fraction of sp³-hybridized carbons (Fsp3) is 0.417. The Balaban J connectivity index is 2.01. The molecule has 1 aromatic rings. The third-order valence-electron chi connectivity index (χ3n) is 2.86. The zero-order valence-electron chi connectivity index (χ0n) is 9.43. The van der Waals surface area contributed by atoms with Gasteiger partial charge in [0.05, 0.1) is 6.61 Å². The van der Waals surface area contributed by atoms with Gasteiger partial charge in [-0.15, -0.1) is 0 Å². The second-order valence-corrected chi connectivity index (χ2v) is 4.08. The van der Waals surface area contributed by atoms with Crippen molar-refractivity contribution in [2.75, 3.05) is 13.2 Å². The summed E-state index contributed by atoms with van der Waals surface area (Å²) in [6.07, 6.45) is 0.823. The van der Waals surface area contributed by atoms with Crippen LogP contribution in [0.2, 0.25) is 0 Å². The summed E-state index contributed by atoms with van der Waals surface area (Å²) in [6, 6.07) is 7.01. The molecule has 0 radical (unpaired) electrons. The van der Waals surface area contributed by atoms with Gasteiger partial charge in [0, 0.05) is 24.6 Å². The third-order valence-corrected chi connectivity index (χ3v) is 2.86. The van der Waals surface area contributed by atoms with E-state index in [1.807, 2.05) is 24.3 Å². The van der Waals surface area contributed by atoms with E-state index in [-0.39, 0.29) is 12.6 Å². The SMILES string of the molecule is NC(CNC1CCOc2ccccc21)C(=O)O. The van der Waals surface area contributed by atoms with Crippen LogP contribution in [-0.4, -0.2) is 30.3 Å². The number of fused-ring (bicyclic) bond motifs is 1. The Bertz CT molecular complexity index is 408. The average molecular weight is 236 g/mol. The molecule has 1 aromatic carbocycles. The van der Waals surface area contributed by atoms with Gasteiger partial charge in [-0.3, -0.25) is 4.79 Å². The van der Waals surface area contributed by atoms with E-state index < -0.39 is 12.0 Å². The Kier molecular flexibility index (Phi) is 3.61. The smallest absolute Gasteiger partial charge is 0.321 e. The molecule has 1 aliphatic heterocycles. The highest BCUT2D eigenvalue weighted by Crippen LogP contribution is 2.31. The van der Waals surface area contributed by atoms with Crippen LogP contribution in [0, 0.1) is 0 Å². The lowest BCUT2D eigenvalue weighted by atomic mass is 10.0. The number of hydrogen-bond donors (Lipinski definition) is 3. The van der Waals surface area contributed by atoms with E-state index in [4.69, 9.17) is 15.6 Å². The van der Waals surface area contributed by atoms with Gasteiger partial charge in [0.25, 0.3) is 0 Å². The predicted molar refractivity (Wildman–Crippen MR) is 62.9 cm³/mol. The van der Waals surface area contributed by atoms with E-state index in [1.165, 1.54) is 0 Å². The van der Waals surface area contributed by atoms with E-state index in [1.54, 1.807) is 0 Å². The van der Waals surface area contributed by atoms with Crippen LogP contribution in [0.1, 0.15) is 18.0 Å². The first-order valence-corrected chi connectivity index (χ1v) is 5.62. The molecular weight excluding hydrogens is 220 g/mol. The first-order chi connectivity index (χ1) is 8.18. The molecule has 2 atom stereocenters. The van der Waals surface area contributed by atoms with Gasteiger partial charge in [-0.2, -0.15) is 0 Å². The molecule has 2 unspecified atom stereocenters. The van der Waals surface area contributed by atoms with Crippen LogP contribution >= 0.6 is 0 Å². The Morgan fingerprint density at radius 3 is 3.12 bits per heavy atom. The molecule has 92 valence electrons. The van der Waals surface area contributed by atoms with Crippen LogP contribution in [0.4, 0.5) is 0 Å². The van der Waals surface area contributed by atoms with Crippen LogP contribution < -0.4 is 15.8 Å². The van der Waals surface area contributed by atoms with Crippen molar-refractivity contribution in [3.63, 3.8) is 0 Å². The Labute approximate surface area is 99.6 Å². The molecular formula is C12H16N2O3. The van der Waals surface area contributed by atoms with Crippen molar-refractivity contribution >= 4 is 5.97 Å². The van der Waals surface area contributed by atoms with Crippen molar-refractivity contribution in [2.45, 2.75) is 18.5 Å². The summed E-state index contributed by atoms with van der Waals surface area (Å²) >= 11 is 0. The monoisotopic (exact) mass is 236 g/mol. The highest BCUT2D eigenvalue weighted by Gasteiger charge is 2.22. The lowest BCUT2D eigenvalue weighted by molar-refractivity contribution is -0.138. The van der Waals surface area contributed by atoms with Gasteiger partial charge in [0.2, 0.25) is 0 Å². The topological polar surface area (TPSA) is 84.6 Å². The second-order valence-electron chi connectivity index (χ2n) is 4.08. The Morgan fingerprint density at radius 1 is 1.59 bits per heavy atom. The summed E-state index contributed by atoms with van der Waals surface area (Å²) in [7, 11) is 0. The average Bonchev–Trinajstić information content (AvgIpc) is 2.35. The molecule has 0 saturated carbocycles. The van der Waals surface area contributed by atoms with Crippen molar-refractivity contribution in [3.05, 3.63) is 29.8 Å². The predicted octanol–water partition coefficient (Wildman–Crippen LogP) is 0.512. The molecule has 0 aliphatic carbocycles. The van der Waals surface area contributed by atoms with Crippen LogP contribution in [0.3, 0.4) is 0 Å². The highest BCUT2D eigenvalue weighted by molar-refractivity contribution is 5.73. The van der Waals surface area contributed by atoms with Gasteiger partial charge in [0.1, 0.15) is 11.8 Å². The van der Waals surface area contributed by atoms with Gasteiger partial charge in [-0.25, -0.2) is 0 Å². The lowest BCUT2D eigenvalue weighted by Gasteiger charge is -2.27. The molecule has 2 rings (SSSR count). The van der Waals surface area contributed by atoms with E-state index in [9.17, 15) is 4.79 Å². The molecule has 5 heteroatoms. The molecule has 1 heterocycles. The lowest BCUT2D eigenvalue weighted by Crippen LogP contribution is -2.42. The normalized spacial score (nSPS) is 20.2. The highest BCUT2D eigenvalue weighted by atomic mass is 16.5. The molecule has 0 spiro atoms. The zero-order valence-corrected chi connectivity index (χ0v) is 9.43. The molecule has 0 saturated heterocycles. The number of hydrogen-bond acceptors (Lipinski definition) is 4. The standard InChI is InChI=1S/C12H16N2O3/c13-9(12(15)16)7-14-10-5-6-17-11-4-2-1-3-8(10)11/h1-4,9-10,14H,5-7,13H2,(H,15,16). The minimum atomic E-state index is -0.988. The van der Waals surface area contributed by atoms with Gasteiger partial charge in [-0.1, -0.05) is 18.2 Å². The summed E-state index contributed by atoms with van der Waals surface area (Å²) in [5, 5.41) is 11.9. The van der Waals surface area contributed by atoms with Crippen LogP contribution in [0.5, 0.6) is 5.75 Å². The fourth-order valence-corrected chi connectivity index (χ4v) is 1.91. The van der Waals surface area contributed by atoms with Crippen molar-refractivity contribution < 1.29 is 14.6 Å². The summed E-state index contributed by atoms with van der Waals surface area (Å²) < 4.78 is 5.52. The molecule has 17 heavy (non-hydrogen) atoms. The van der Waals surface area contributed by atoms with Gasteiger partial charge in [0.15, 0.2) is 0 Å². The number of carboxylic acid groups (broad SMARTS) is 1. The molecule has 5 nitrogen and oxygen atoms in total. The number of nitrogens with one attached hydrogen (secondary N) is 1. The summed E-state index contributed by atoms with van der Waals surface area (Å²) in [5.74, 6) is -0.127. The second kappa shape index (κ2) is 5.16. The largest absolute Gasteiger partial charge is 0.493 e. The van der Waals surface area contributed by atoms with E-state index in [0.29, 0.717) is 6.61 Å². The minimum Gasteiger partial charge on any atom is -0.493 e. The van der Waals surface area contributed by atoms with Crippen LogP contribution in [0.15, 0.2) is 24.3 Å². The molecule has 1 aliphatic rings. The van der Waals surface area contributed by atoms with Crippen LogP contribution in [-0.2, 0) is 4.79 Å². The Hall–Kier alpha value is -1.59.